The molecule has 0 aromatic heterocycles. The quantitative estimate of drug-likeness (QED) is 0.754. The Bertz CT molecular complexity index is 745. The summed E-state index contributed by atoms with van der Waals surface area (Å²) in [4.78, 5) is 14.1. The number of ether oxygens (including phenoxy) is 1. The van der Waals surface area contributed by atoms with Crippen LogP contribution in [-0.2, 0) is 11.3 Å². The van der Waals surface area contributed by atoms with Crippen LogP contribution in [0, 0.1) is 17.5 Å². The van der Waals surface area contributed by atoms with Crippen LogP contribution in [-0.4, -0.2) is 23.5 Å². The molecule has 0 bridgehead atoms. The Kier molecular flexibility index (Phi) is 5.26. The smallest absolute Gasteiger partial charge is 0.226 e. The molecule has 0 radical (unpaired) electrons. The maximum Gasteiger partial charge on any atom is 0.226 e. The largest absolute Gasteiger partial charge is 0.493 e. The topological polar surface area (TPSA) is 29.5 Å². The number of hydrogen-bond acceptors (Lipinski definition) is 2. The monoisotopic (exact) mass is 349 g/mol. The number of halogens is 3. The molecule has 1 saturated carbocycles. The minimum absolute atomic E-state index is 0.0998. The average Bonchev–Trinajstić information content (AvgIpc) is 3.41. The lowest BCUT2D eigenvalue weighted by atomic mass is 10.2. The summed E-state index contributed by atoms with van der Waals surface area (Å²) in [6.07, 6.45) is 1.90. The van der Waals surface area contributed by atoms with Crippen LogP contribution in [0.25, 0.3) is 0 Å². The fourth-order valence-electron chi connectivity index (χ4n) is 2.57. The molecule has 0 N–H and O–H groups in total. The lowest BCUT2D eigenvalue weighted by Crippen LogP contribution is -2.33. The molecular formula is C19H18F3NO2. The van der Waals surface area contributed by atoms with Gasteiger partial charge in [0.05, 0.1) is 13.0 Å². The second kappa shape index (κ2) is 7.59. The van der Waals surface area contributed by atoms with E-state index in [4.69, 9.17) is 4.74 Å². The summed E-state index contributed by atoms with van der Waals surface area (Å²) in [5, 5.41) is 0. The molecule has 2 aromatic rings. The zero-order chi connectivity index (χ0) is 17.8. The van der Waals surface area contributed by atoms with Crippen LogP contribution in [0.5, 0.6) is 5.75 Å². The highest BCUT2D eigenvalue weighted by atomic mass is 19.1. The highest BCUT2D eigenvalue weighted by Crippen LogP contribution is 2.29. The van der Waals surface area contributed by atoms with Gasteiger partial charge in [0.2, 0.25) is 5.91 Å². The third kappa shape index (κ3) is 4.75. The zero-order valence-electron chi connectivity index (χ0n) is 13.6. The molecular weight excluding hydrogens is 331 g/mol. The van der Waals surface area contributed by atoms with E-state index in [0.717, 1.165) is 18.9 Å². The maximum atomic E-state index is 13.8. The Morgan fingerprint density at radius 3 is 2.36 bits per heavy atom. The van der Waals surface area contributed by atoms with Gasteiger partial charge < -0.3 is 9.64 Å². The van der Waals surface area contributed by atoms with E-state index in [1.807, 2.05) is 0 Å². The van der Waals surface area contributed by atoms with E-state index in [2.05, 4.69) is 0 Å². The Balaban J connectivity index is 1.56. The van der Waals surface area contributed by atoms with Gasteiger partial charge in [-0.05, 0) is 43.2 Å². The number of benzene rings is 2. The molecule has 0 unspecified atom stereocenters. The fourth-order valence-corrected chi connectivity index (χ4v) is 2.57. The summed E-state index contributed by atoms with van der Waals surface area (Å²) in [5.41, 5.74) is 0.293. The number of carbonyl (C=O) groups excluding carboxylic acids is 1. The second-order valence-corrected chi connectivity index (χ2v) is 6.04. The summed E-state index contributed by atoms with van der Waals surface area (Å²) < 4.78 is 45.1. The molecule has 0 heterocycles. The first-order chi connectivity index (χ1) is 12.0. The number of rotatable bonds is 7. The number of carbonyl (C=O) groups is 1. The van der Waals surface area contributed by atoms with Crippen LogP contribution in [0.4, 0.5) is 13.2 Å². The molecule has 1 fully saturated rings. The van der Waals surface area contributed by atoms with Crippen molar-refractivity contribution in [3.63, 3.8) is 0 Å². The van der Waals surface area contributed by atoms with Gasteiger partial charge in [0.15, 0.2) is 0 Å². The van der Waals surface area contributed by atoms with E-state index in [1.165, 1.54) is 36.4 Å². The molecule has 1 aliphatic rings. The normalized spacial score (nSPS) is 13.6. The predicted octanol–water partition coefficient (Wildman–Crippen LogP) is 4.06. The second-order valence-electron chi connectivity index (χ2n) is 6.04. The van der Waals surface area contributed by atoms with Gasteiger partial charge in [-0.25, -0.2) is 13.2 Å². The van der Waals surface area contributed by atoms with Crippen LogP contribution in [0.15, 0.2) is 42.5 Å². The van der Waals surface area contributed by atoms with E-state index in [9.17, 15) is 18.0 Å². The molecule has 0 saturated heterocycles. The molecule has 3 rings (SSSR count). The molecule has 132 valence electrons. The first-order valence-electron chi connectivity index (χ1n) is 8.14. The number of amides is 1. The Morgan fingerprint density at radius 2 is 1.72 bits per heavy atom. The first-order valence-corrected chi connectivity index (χ1v) is 8.14. The van der Waals surface area contributed by atoms with Crippen molar-refractivity contribution < 1.29 is 22.7 Å². The number of nitrogens with zero attached hydrogens (tertiary/aromatic N) is 1. The highest BCUT2D eigenvalue weighted by Gasteiger charge is 2.32. The van der Waals surface area contributed by atoms with Gasteiger partial charge in [0, 0.05) is 24.2 Å². The molecule has 0 aliphatic heterocycles. The molecule has 3 nitrogen and oxygen atoms in total. The predicted molar refractivity (Wildman–Crippen MR) is 86.4 cm³/mol. The standard InChI is InChI=1S/C19H18F3NO2/c20-14-3-7-17(8-4-14)25-10-9-19(24)23(16-5-6-16)12-13-1-2-15(21)11-18(13)22/h1-4,7-8,11,16H,5-6,9-10,12H2. The van der Waals surface area contributed by atoms with Crippen molar-refractivity contribution in [2.75, 3.05) is 6.61 Å². The van der Waals surface area contributed by atoms with E-state index in [0.29, 0.717) is 11.3 Å². The maximum absolute atomic E-state index is 13.8. The van der Waals surface area contributed by atoms with Crippen molar-refractivity contribution in [1.82, 2.24) is 4.90 Å². The van der Waals surface area contributed by atoms with Gasteiger partial charge in [-0.3, -0.25) is 4.79 Å². The van der Waals surface area contributed by atoms with Gasteiger partial charge >= 0.3 is 0 Å². The molecule has 1 amide bonds. The Hall–Kier alpha value is -2.50. The molecule has 6 heteroatoms. The summed E-state index contributed by atoms with van der Waals surface area (Å²) in [5.74, 6) is -1.31. The van der Waals surface area contributed by atoms with Gasteiger partial charge in [0.1, 0.15) is 23.2 Å². The van der Waals surface area contributed by atoms with Crippen molar-refractivity contribution in [2.45, 2.75) is 31.8 Å². The average molecular weight is 349 g/mol. The van der Waals surface area contributed by atoms with E-state index in [1.54, 1.807) is 4.90 Å². The van der Waals surface area contributed by atoms with Crippen LogP contribution >= 0.6 is 0 Å². The highest BCUT2D eigenvalue weighted by molar-refractivity contribution is 5.77. The van der Waals surface area contributed by atoms with Crippen molar-refractivity contribution in [3.8, 4) is 5.75 Å². The van der Waals surface area contributed by atoms with Crippen molar-refractivity contribution >= 4 is 5.91 Å². The Labute approximate surface area is 144 Å². The van der Waals surface area contributed by atoms with Crippen LogP contribution in [0.2, 0.25) is 0 Å². The zero-order valence-corrected chi connectivity index (χ0v) is 13.6. The minimum atomic E-state index is -0.652. The van der Waals surface area contributed by atoms with E-state index < -0.39 is 11.6 Å². The lowest BCUT2D eigenvalue weighted by molar-refractivity contribution is -0.133. The van der Waals surface area contributed by atoms with Crippen LogP contribution < -0.4 is 4.74 Å². The lowest BCUT2D eigenvalue weighted by Gasteiger charge is -2.23. The fraction of sp³-hybridized carbons (Fsp3) is 0.316. The van der Waals surface area contributed by atoms with Crippen molar-refractivity contribution in [2.24, 2.45) is 0 Å². The molecule has 0 spiro atoms. The Morgan fingerprint density at radius 1 is 1.04 bits per heavy atom. The first kappa shape index (κ1) is 17.3. The third-order valence-electron chi connectivity index (χ3n) is 4.06. The molecule has 0 atom stereocenters. The van der Waals surface area contributed by atoms with Crippen molar-refractivity contribution in [3.05, 3.63) is 65.5 Å². The third-order valence-corrected chi connectivity index (χ3v) is 4.06. The van der Waals surface area contributed by atoms with Gasteiger partial charge in [-0.15, -0.1) is 0 Å². The van der Waals surface area contributed by atoms with Crippen molar-refractivity contribution in [1.29, 1.82) is 0 Å². The summed E-state index contributed by atoms with van der Waals surface area (Å²) >= 11 is 0. The van der Waals surface area contributed by atoms with E-state index >= 15 is 0 Å². The SMILES string of the molecule is O=C(CCOc1ccc(F)cc1)N(Cc1ccc(F)cc1F)C1CC1. The number of hydrogen-bond donors (Lipinski definition) is 0. The minimum Gasteiger partial charge on any atom is -0.493 e. The summed E-state index contributed by atoms with van der Waals surface area (Å²) in [6, 6.07) is 9.02. The van der Waals surface area contributed by atoms with Gasteiger partial charge in [0.25, 0.3) is 0 Å². The summed E-state index contributed by atoms with van der Waals surface area (Å²) in [7, 11) is 0. The molecule has 1 aliphatic carbocycles. The van der Waals surface area contributed by atoms with Crippen LogP contribution in [0.3, 0.4) is 0 Å². The summed E-state index contributed by atoms with van der Waals surface area (Å²) in [6.45, 7) is 0.270. The molecule has 25 heavy (non-hydrogen) atoms. The van der Waals surface area contributed by atoms with Gasteiger partial charge in [-0.1, -0.05) is 6.07 Å². The molecule has 2 aromatic carbocycles. The van der Waals surface area contributed by atoms with E-state index in [-0.39, 0.29) is 37.3 Å². The van der Waals surface area contributed by atoms with Crippen LogP contribution in [0.1, 0.15) is 24.8 Å². The van der Waals surface area contributed by atoms with Gasteiger partial charge in [-0.2, -0.15) is 0 Å².